The van der Waals surface area contributed by atoms with Gasteiger partial charge in [-0.1, -0.05) is 158 Å². The van der Waals surface area contributed by atoms with Crippen molar-refractivity contribution >= 4 is 89.5 Å². The molecule has 18 fully saturated rings. The van der Waals surface area contributed by atoms with E-state index in [0.29, 0.717) is 86.9 Å². The van der Waals surface area contributed by atoms with Crippen LogP contribution in [0.3, 0.4) is 0 Å². The summed E-state index contributed by atoms with van der Waals surface area (Å²) < 4.78 is 90.9. The number of methoxy groups -OCH3 is 3. The van der Waals surface area contributed by atoms with Crippen molar-refractivity contribution in [1.82, 2.24) is 0 Å². The number of ether oxygens (including phenoxy) is 17. The average molecular weight is 1900 g/mol. The highest BCUT2D eigenvalue weighted by atomic mass is 16.7. The van der Waals surface area contributed by atoms with E-state index in [1.54, 1.807) is 27.7 Å². The molecule has 0 aromatic heterocycles. The van der Waals surface area contributed by atoms with Gasteiger partial charge in [0.2, 0.25) is 0 Å². The standard InChI is InChI=1S/C16H24O4.C15H20O7.C15H20O6.C15H22O4.C14H18O7.C14H20O4.12CH4/c1-5-16(3,4)15(18)20-13-8(2)9-6-10(13)11-7-19-14(17)12(9)11;1-5-15(2,3)14(18)22-11-8-6(12(16)19-4)7-9(20-8)10(11)21-13(7)17;1-4-6(2)13(16)20-12-7-5-8-10(12)15(18)21-11(8)9(7)14(17)19-3;1-4-15(2,3)14(17)19-11-6-8-5-9(11)10-7-18-13(16)12(8)10;1-4-5(2)12(15)20-10-8-6(13(16)18-3)7-9(19-8)11(10)21-14(7)17;1-3-7(2)13(15)18-11-5-8-4-9(11)10-6-17-14(16)12(8)10;;;;;;;;;;;;/h8-13H,5-7H2,1-4H3;6-11H,5H2,1-4H3;6-12H,4-5H2,1-3H3;8-12H,4-7H2,1-3H3;5-11H,4H2,1-3H3;7-12H,3-6H2,1-2H3;12*1H4. The van der Waals surface area contributed by atoms with Gasteiger partial charge >= 0.3 is 89.5 Å². The van der Waals surface area contributed by atoms with E-state index in [1.165, 1.54) is 21.3 Å². The number of carbonyl (C=O) groups excluding carboxylic acids is 15. The van der Waals surface area contributed by atoms with Crippen molar-refractivity contribution in [2.24, 2.45) is 158 Å². The second-order valence-corrected chi connectivity index (χ2v) is 38.9. The lowest BCUT2D eigenvalue weighted by molar-refractivity contribution is -0.171. The largest absolute Gasteiger partial charge is 0.469 e. The van der Waals surface area contributed by atoms with Crippen molar-refractivity contribution in [3.8, 4) is 0 Å². The third-order valence-corrected chi connectivity index (χ3v) is 31.6. The number of esters is 15. The maximum atomic E-state index is 12.3. The Morgan fingerprint density at radius 1 is 0.316 bits per heavy atom. The van der Waals surface area contributed by atoms with Gasteiger partial charge in [-0.05, 0) is 142 Å². The molecule has 0 N–H and O–H groups in total. The van der Waals surface area contributed by atoms with Crippen LogP contribution >= 0.6 is 0 Å². The quantitative estimate of drug-likeness (QED) is 0.0760. The molecule has 0 aromatic carbocycles. The molecule has 10 aliphatic heterocycles. The van der Waals surface area contributed by atoms with Gasteiger partial charge in [0.15, 0.2) is 24.4 Å². The zero-order valence-corrected chi connectivity index (χ0v) is 73.0. The topological polar surface area (TPSA) is 413 Å². The van der Waals surface area contributed by atoms with Gasteiger partial charge in [0.25, 0.3) is 0 Å². The van der Waals surface area contributed by atoms with E-state index in [1.807, 2.05) is 76.2 Å². The van der Waals surface area contributed by atoms with Gasteiger partial charge < -0.3 is 80.5 Å². The summed E-state index contributed by atoms with van der Waals surface area (Å²) in [5, 5.41) is 0. The summed E-state index contributed by atoms with van der Waals surface area (Å²) in [6.45, 7) is 32.1. The van der Waals surface area contributed by atoms with Crippen LogP contribution < -0.4 is 0 Å². The summed E-state index contributed by atoms with van der Waals surface area (Å²) in [4.78, 5) is 179. The van der Waals surface area contributed by atoms with Crippen LogP contribution in [0.4, 0.5) is 0 Å². The van der Waals surface area contributed by atoms with E-state index in [2.05, 4.69) is 6.92 Å². The molecule has 32 heteroatoms. The van der Waals surface area contributed by atoms with Crippen LogP contribution in [0, 0.1) is 158 Å². The Morgan fingerprint density at radius 2 is 0.639 bits per heavy atom. The number of rotatable bonds is 21. The van der Waals surface area contributed by atoms with E-state index < -0.39 is 137 Å². The molecule has 8 saturated carbocycles. The van der Waals surface area contributed by atoms with E-state index in [0.717, 1.165) is 51.4 Å². The summed E-state index contributed by atoms with van der Waals surface area (Å²) in [7, 11) is 3.84. The SMILES string of the molecule is C.C.C.C.C.C.C.C.C.C.C.C.CCC(C)(C)C(=O)OC1C(C)C2CC1C1COC(=O)C21.CCC(C)(C)C(=O)OC1C2OC(=O)C3C2OC1C3C(=O)OC.CCC(C)(C)C(=O)OC1CC2CC1C1COC(=O)C21.CCC(C)C(=O)OC1C2CC3C(OC(=O)C31)C2C(=O)OC.CCC(C)C(=O)OC1C2OC(=O)C3C2OC1C3C(=O)OC.CCC(C)C(=O)OC1CC2CC1C1COC(=O)C21. The lowest BCUT2D eigenvalue weighted by Gasteiger charge is -2.35. The molecular weight excluding hydrogens is 1730 g/mol. The van der Waals surface area contributed by atoms with Gasteiger partial charge in [0, 0.05) is 47.3 Å². The molecular formula is C101H172O32. The fourth-order valence-corrected chi connectivity index (χ4v) is 22.6. The van der Waals surface area contributed by atoms with Gasteiger partial charge in [-0.15, -0.1) is 0 Å². The molecule has 12 bridgehead atoms. The van der Waals surface area contributed by atoms with Crippen LogP contribution in [0.1, 0.15) is 277 Å². The Balaban J connectivity index is 0.000000785. The van der Waals surface area contributed by atoms with E-state index in [-0.39, 0.29) is 238 Å². The Bertz CT molecular complexity index is 4030. The molecule has 37 atom stereocenters. The first-order chi connectivity index (χ1) is 57.2. The first-order valence-electron chi connectivity index (χ1n) is 44.1. The molecule has 8 aliphatic carbocycles. The predicted octanol–water partition coefficient (Wildman–Crippen LogP) is 15.4. The molecule has 32 nitrogen and oxygen atoms in total. The Labute approximate surface area is 794 Å². The summed E-state index contributed by atoms with van der Waals surface area (Å²) >= 11 is 0. The molecule has 10 saturated heterocycles. The van der Waals surface area contributed by atoms with Gasteiger partial charge in [-0.3, -0.25) is 71.9 Å². The third-order valence-electron chi connectivity index (χ3n) is 31.6. The maximum Gasteiger partial charge on any atom is 0.313 e. The first kappa shape index (κ1) is 123. The van der Waals surface area contributed by atoms with E-state index in [4.69, 9.17) is 80.5 Å². The number of hydrogen-bond acceptors (Lipinski definition) is 32. The maximum absolute atomic E-state index is 12.3. The van der Waals surface area contributed by atoms with Crippen LogP contribution in [0.25, 0.3) is 0 Å². The molecule has 0 spiro atoms. The molecule has 18 aliphatic rings. The van der Waals surface area contributed by atoms with Crippen molar-refractivity contribution in [3.05, 3.63) is 0 Å². The first-order valence-corrected chi connectivity index (χ1v) is 44.1. The molecule has 37 unspecified atom stereocenters. The van der Waals surface area contributed by atoms with Gasteiger partial charge in [0.1, 0.15) is 90.4 Å². The molecule has 0 amide bonds. The number of cyclic esters (lactones) is 3. The number of fused-ring (bicyclic) bond motifs is 18. The second-order valence-electron chi connectivity index (χ2n) is 38.9. The minimum absolute atomic E-state index is 0. The van der Waals surface area contributed by atoms with Crippen LogP contribution in [0.2, 0.25) is 0 Å². The van der Waals surface area contributed by atoms with Crippen molar-refractivity contribution < 1.29 is 152 Å². The van der Waals surface area contributed by atoms with Crippen LogP contribution in [0.15, 0.2) is 0 Å². The Morgan fingerprint density at radius 3 is 1.03 bits per heavy atom. The third kappa shape index (κ3) is 21.9. The normalized spacial score (nSPS) is 37.2. The zero-order valence-electron chi connectivity index (χ0n) is 73.0. The number of hydrogen-bond donors (Lipinski definition) is 0. The zero-order chi connectivity index (χ0) is 88.1. The van der Waals surface area contributed by atoms with Crippen LogP contribution in [-0.4, -0.2) is 210 Å². The predicted molar refractivity (Wildman–Crippen MR) is 493 cm³/mol. The summed E-state index contributed by atoms with van der Waals surface area (Å²) in [6, 6.07) is 0. The summed E-state index contributed by atoms with van der Waals surface area (Å²) in [5.41, 5.74) is -1.49. The van der Waals surface area contributed by atoms with Crippen LogP contribution in [-0.2, 0) is 152 Å². The lowest BCUT2D eigenvalue weighted by atomic mass is 9.74. The number of carbonyl (C=O) groups is 15. The second kappa shape index (κ2) is 47.8. The lowest BCUT2D eigenvalue weighted by Crippen LogP contribution is -2.49. The fraction of sp³-hybridized carbons (Fsp3) is 0.851. The molecule has 10 heterocycles. The Kier molecular flexibility index (Phi) is 44.2. The van der Waals surface area contributed by atoms with E-state index >= 15 is 0 Å². The molecule has 0 aromatic rings. The highest BCUT2D eigenvalue weighted by molar-refractivity contribution is 5.89. The van der Waals surface area contributed by atoms with Crippen molar-refractivity contribution in [2.75, 3.05) is 41.2 Å². The highest BCUT2D eigenvalue weighted by Crippen LogP contribution is 2.63. The molecule has 18 rings (SSSR count). The minimum Gasteiger partial charge on any atom is -0.469 e. The highest BCUT2D eigenvalue weighted by Gasteiger charge is 2.75. The monoisotopic (exact) mass is 1900 g/mol. The summed E-state index contributed by atoms with van der Waals surface area (Å²) in [6.07, 6.45) is 3.63. The molecule has 0 radical (unpaired) electrons. The van der Waals surface area contributed by atoms with Crippen molar-refractivity contribution in [3.63, 3.8) is 0 Å². The Hall–Kier alpha value is -8.03. The average Bonchev–Trinajstić information content (AvgIpc) is 1.55. The van der Waals surface area contributed by atoms with Gasteiger partial charge in [-0.25, -0.2) is 0 Å². The van der Waals surface area contributed by atoms with Crippen molar-refractivity contribution in [1.29, 1.82) is 0 Å². The van der Waals surface area contributed by atoms with Crippen molar-refractivity contribution in [2.45, 2.75) is 356 Å². The fourth-order valence-electron chi connectivity index (χ4n) is 22.6. The molecule has 133 heavy (non-hydrogen) atoms. The summed E-state index contributed by atoms with van der Waals surface area (Å²) in [5.74, 6) is -5.25. The van der Waals surface area contributed by atoms with Gasteiger partial charge in [0.05, 0.1) is 92.9 Å². The van der Waals surface area contributed by atoms with Gasteiger partial charge in [-0.2, -0.15) is 0 Å². The smallest absolute Gasteiger partial charge is 0.313 e. The minimum atomic E-state index is -0.774. The van der Waals surface area contributed by atoms with Crippen LogP contribution in [0.5, 0.6) is 0 Å². The molecule has 768 valence electrons. The van der Waals surface area contributed by atoms with E-state index in [9.17, 15) is 71.9 Å².